The maximum Gasteiger partial charge on any atom is 0.250 e. The molecule has 4 aromatic rings. The monoisotopic (exact) mass is 470 g/mol. The Hall–Kier alpha value is -3.10. The maximum absolute atomic E-state index is 12.3. The number of aryl methyl sites for hydroxylation is 2. The van der Waals surface area contributed by atoms with Gasteiger partial charge in [-0.1, -0.05) is 23.7 Å². The van der Waals surface area contributed by atoms with Gasteiger partial charge in [-0.15, -0.1) is 16.4 Å². The first-order valence-corrected chi connectivity index (χ1v) is 11.4. The number of ether oxygens (including phenoxy) is 2. The molecule has 166 valence electrons. The zero-order valence-electron chi connectivity index (χ0n) is 18.0. The van der Waals surface area contributed by atoms with Crippen LogP contribution in [-0.4, -0.2) is 34.2 Å². The molecule has 0 aliphatic carbocycles. The highest BCUT2D eigenvalue weighted by atomic mass is 35.5. The van der Waals surface area contributed by atoms with Crippen molar-refractivity contribution in [2.24, 2.45) is 0 Å². The van der Waals surface area contributed by atoms with Crippen LogP contribution in [0, 0.1) is 13.8 Å². The van der Waals surface area contributed by atoms with Crippen molar-refractivity contribution in [3.8, 4) is 22.8 Å². The van der Waals surface area contributed by atoms with E-state index in [1.807, 2.05) is 55.6 Å². The van der Waals surface area contributed by atoms with Crippen LogP contribution in [0.5, 0.6) is 11.5 Å². The molecule has 7 nitrogen and oxygen atoms in total. The third-order valence-corrected chi connectivity index (χ3v) is 6.34. The molecule has 0 radical (unpaired) electrons. The number of benzene rings is 2. The van der Waals surface area contributed by atoms with Crippen LogP contribution in [0.25, 0.3) is 16.2 Å². The molecule has 4 rings (SSSR count). The Bertz CT molecular complexity index is 1240. The summed E-state index contributed by atoms with van der Waals surface area (Å²) < 4.78 is 12.8. The molecule has 9 heteroatoms. The number of carbonyl (C=O) groups excluding carboxylic acids is 1. The smallest absolute Gasteiger partial charge is 0.250 e. The van der Waals surface area contributed by atoms with Gasteiger partial charge in [-0.2, -0.15) is 4.98 Å². The van der Waals surface area contributed by atoms with Gasteiger partial charge in [-0.3, -0.25) is 10.1 Å². The number of hydrogen-bond acceptors (Lipinski definition) is 6. The first-order valence-electron chi connectivity index (χ1n) is 10.1. The Balaban J connectivity index is 1.33. The van der Waals surface area contributed by atoms with Crippen molar-refractivity contribution in [3.05, 3.63) is 57.9 Å². The minimum Gasteiger partial charge on any atom is -0.497 e. The molecule has 2 aromatic heterocycles. The molecule has 32 heavy (non-hydrogen) atoms. The van der Waals surface area contributed by atoms with Crippen molar-refractivity contribution in [1.82, 2.24) is 14.6 Å². The Morgan fingerprint density at radius 3 is 2.72 bits per heavy atom. The maximum atomic E-state index is 12.3. The van der Waals surface area contributed by atoms with Crippen LogP contribution in [0.15, 0.2) is 41.8 Å². The lowest BCUT2D eigenvalue weighted by molar-refractivity contribution is -0.116. The predicted octanol–water partition coefficient (Wildman–Crippen LogP) is 5.53. The lowest BCUT2D eigenvalue weighted by atomic mass is 10.1. The average molecular weight is 471 g/mol. The summed E-state index contributed by atoms with van der Waals surface area (Å²) >= 11 is 7.64. The third kappa shape index (κ3) is 4.87. The largest absolute Gasteiger partial charge is 0.497 e. The van der Waals surface area contributed by atoms with Crippen LogP contribution >= 0.6 is 22.9 Å². The first kappa shape index (κ1) is 22.1. The molecule has 1 amide bonds. The predicted molar refractivity (Wildman–Crippen MR) is 127 cm³/mol. The number of thiazole rings is 1. The van der Waals surface area contributed by atoms with Crippen LogP contribution in [0.2, 0.25) is 5.02 Å². The van der Waals surface area contributed by atoms with Crippen LogP contribution in [0.4, 0.5) is 5.95 Å². The van der Waals surface area contributed by atoms with Crippen LogP contribution < -0.4 is 14.8 Å². The molecule has 0 fully saturated rings. The fourth-order valence-corrected chi connectivity index (χ4v) is 4.25. The summed E-state index contributed by atoms with van der Waals surface area (Å²) in [5, 5.41) is 9.95. The van der Waals surface area contributed by atoms with E-state index in [0.717, 1.165) is 38.9 Å². The van der Waals surface area contributed by atoms with E-state index in [2.05, 4.69) is 15.4 Å². The minimum absolute atomic E-state index is 0.154. The van der Waals surface area contributed by atoms with Gasteiger partial charge in [0.2, 0.25) is 16.8 Å². The topological polar surface area (TPSA) is 77.8 Å². The van der Waals surface area contributed by atoms with Crippen molar-refractivity contribution in [2.45, 2.75) is 26.7 Å². The Morgan fingerprint density at radius 1 is 1.19 bits per heavy atom. The Labute approximate surface area is 195 Å². The van der Waals surface area contributed by atoms with E-state index in [-0.39, 0.29) is 11.9 Å². The quantitative estimate of drug-likeness (QED) is 0.342. The van der Waals surface area contributed by atoms with Gasteiger partial charge in [0.25, 0.3) is 0 Å². The minimum atomic E-state index is -0.154. The van der Waals surface area contributed by atoms with Crippen LogP contribution in [0.3, 0.4) is 0 Å². The second-order valence-corrected chi connectivity index (χ2v) is 8.57. The van der Waals surface area contributed by atoms with E-state index in [1.54, 1.807) is 11.6 Å². The van der Waals surface area contributed by atoms with Gasteiger partial charge in [0.05, 0.1) is 19.4 Å². The molecule has 0 saturated heterocycles. The van der Waals surface area contributed by atoms with Gasteiger partial charge in [0.1, 0.15) is 11.5 Å². The summed E-state index contributed by atoms with van der Waals surface area (Å²) in [6, 6.07) is 11.5. The number of rotatable bonds is 8. The molecule has 0 spiro atoms. The molecule has 0 aliphatic rings. The van der Waals surface area contributed by atoms with E-state index in [4.69, 9.17) is 21.1 Å². The normalized spacial score (nSPS) is 11.0. The molecule has 2 heterocycles. The van der Waals surface area contributed by atoms with E-state index < -0.39 is 0 Å². The highest BCUT2D eigenvalue weighted by Gasteiger charge is 2.14. The fraction of sp³-hybridized carbons (Fsp3) is 0.261. The number of anilines is 1. The van der Waals surface area contributed by atoms with Gasteiger partial charge in [0.15, 0.2) is 0 Å². The van der Waals surface area contributed by atoms with E-state index in [0.29, 0.717) is 24.4 Å². The second-order valence-electron chi connectivity index (χ2n) is 7.35. The average Bonchev–Trinajstić information content (AvgIpc) is 3.35. The van der Waals surface area contributed by atoms with Gasteiger partial charge >= 0.3 is 0 Å². The van der Waals surface area contributed by atoms with Crippen molar-refractivity contribution >= 4 is 39.8 Å². The standard InChI is InChI=1S/C23H23ClN4O3S/c1-14-10-18(11-15(2)21(14)24)31-9-5-8-20(29)25-22-26-23-28(27-22)19(13-32-23)16-6-4-7-17(12-16)30-3/h4,6-7,10-13H,5,8-9H2,1-3H3,(H,25,27,29). The molecule has 1 N–H and O–H groups in total. The van der Waals surface area contributed by atoms with E-state index >= 15 is 0 Å². The molecule has 2 aromatic carbocycles. The lowest BCUT2D eigenvalue weighted by Crippen LogP contribution is -2.14. The van der Waals surface area contributed by atoms with Crippen LogP contribution in [-0.2, 0) is 4.79 Å². The summed E-state index contributed by atoms with van der Waals surface area (Å²) in [6.45, 7) is 4.32. The van der Waals surface area contributed by atoms with Gasteiger partial charge in [0, 0.05) is 22.4 Å². The number of nitrogens with zero attached hydrogens (tertiary/aromatic N) is 3. The SMILES string of the molecule is COc1cccc(-c2csc3nc(NC(=O)CCCOc4cc(C)c(Cl)c(C)c4)nn23)c1. The molecule has 0 saturated carbocycles. The lowest BCUT2D eigenvalue weighted by Gasteiger charge is -2.09. The zero-order chi connectivity index (χ0) is 22.7. The van der Waals surface area contributed by atoms with Gasteiger partial charge in [-0.05, 0) is 55.7 Å². The Morgan fingerprint density at radius 2 is 1.97 bits per heavy atom. The third-order valence-electron chi connectivity index (χ3n) is 4.93. The van der Waals surface area contributed by atoms with E-state index in [1.165, 1.54) is 11.3 Å². The second kappa shape index (κ2) is 9.58. The van der Waals surface area contributed by atoms with Crippen molar-refractivity contribution in [2.75, 3.05) is 19.0 Å². The number of amides is 1. The molecule has 0 unspecified atom stereocenters. The zero-order valence-corrected chi connectivity index (χ0v) is 19.6. The summed E-state index contributed by atoms with van der Waals surface area (Å²) in [6.07, 6.45) is 0.880. The van der Waals surface area contributed by atoms with Gasteiger partial charge in [-0.25, -0.2) is 4.52 Å². The highest BCUT2D eigenvalue weighted by Crippen LogP contribution is 2.28. The fourth-order valence-electron chi connectivity index (χ4n) is 3.31. The van der Waals surface area contributed by atoms with Gasteiger partial charge < -0.3 is 9.47 Å². The first-order chi connectivity index (χ1) is 15.4. The molecule has 0 bridgehead atoms. The molecular formula is C23H23ClN4O3S. The summed E-state index contributed by atoms with van der Waals surface area (Å²) in [5.41, 5.74) is 3.79. The van der Waals surface area contributed by atoms with Crippen molar-refractivity contribution in [1.29, 1.82) is 0 Å². The van der Waals surface area contributed by atoms with Crippen LogP contribution in [0.1, 0.15) is 24.0 Å². The Kier molecular flexibility index (Phi) is 6.62. The number of aromatic nitrogens is 3. The van der Waals surface area contributed by atoms with E-state index in [9.17, 15) is 4.79 Å². The molecule has 0 aliphatic heterocycles. The number of hydrogen-bond donors (Lipinski definition) is 1. The highest BCUT2D eigenvalue weighted by molar-refractivity contribution is 7.15. The number of carbonyl (C=O) groups is 1. The van der Waals surface area contributed by atoms with Crippen molar-refractivity contribution in [3.63, 3.8) is 0 Å². The summed E-state index contributed by atoms with van der Waals surface area (Å²) in [7, 11) is 1.63. The van der Waals surface area contributed by atoms with Crippen molar-refractivity contribution < 1.29 is 14.3 Å². The number of methoxy groups -OCH3 is 1. The summed E-state index contributed by atoms with van der Waals surface area (Å²) in [4.78, 5) is 17.4. The number of nitrogens with one attached hydrogen (secondary N) is 1. The molecular weight excluding hydrogens is 448 g/mol. The number of halogens is 1. The summed E-state index contributed by atoms with van der Waals surface area (Å²) in [5.74, 6) is 1.65. The molecule has 0 atom stereocenters. The number of fused-ring (bicyclic) bond motifs is 1.